The Morgan fingerprint density at radius 3 is 2.67 bits per heavy atom. The van der Waals surface area contributed by atoms with E-state index in [1.54, 1.807) is 0 Å². The molecule has 8 nitrogen and oxygen atoms in total. The number of nitro benzene ring substituents is 1. The standard InChI is InChI=1S/C12H13ClN2O6/c1-7(16)14-9(12(17)20-2)6-21-11-8(13)4-3-5-10(11)15(18)19/h3-5,9H,6H2,1-2H3,(H,14,16). The molecule has 1 amide bonds. The molecule has 1 unspecified atom stereocenters. The molecule has 114 valence electrons. The number of halogens is 1. The van der Waals surface area contributed by atoms with Gasteiger partial charge in [0.25, 0.3) is 0 Å². The van der Waals surface area contributed by atoms with Crippen molar-refractivity contribution in [2.45, 2.75) is 13.0 Å². The van der Waals surface area contributed by atoms with Crippen LogP contribution in [-0.4, -0.2) is 36.6 Å². The van der Waals surface area contributed by atoms with Crippen molar-refractivity contribution in [3.05, 3.63) is 33.3 Å². The van der Waals surface area contributed by atoms with E-state index in [0.29, 0.717) is 0 Å². The van der Waals surface area contributed by atoms with Gasteiger partial charge in [-0.15, -0.1) is 0 Å². The lowest BCUT2D eigenvalue weighted by atomic mass is 10.3. The molecule has 0 heterocycles. The molecule has 0 aliphatic rings. The fraction of sp³-hybridized carbons (Fsp3) is 0.333. The second-order valence-electron chi connectivity index (χ2n) is 3.93. The first kappa shape index (κ1) is 16.7. The average Bonchev–Trinajstić information content (AvgIpc) is 2.42. The van der Waals surface area contributed by atoms with Crippen LogP contribution in [-0.2, 0) is 14.3 Å². The van der Waals surface area contributed by atoms with Crippen LogP contribution in [0.15, 0.2) is 18.2 Å². The fourth-order valence-electron chi connectivity index (χ4n) is 1.51. The van der Waals surface area contributed by atoms with Crippen LogP contribution in [0.5, 0.6) is 5.75 Å². The van der Waals surface area contributed by atoms with Crippen LogP contribution < -0.4 is 10.1 Å². The molecule has 9 heteroatoms. The molecule has 0 bridgehead atoms. The third-order valence-electron chi connectivity index (χ3n) is 2.40. The van der Waals surface area contributed by atoms with Crippen molar-refractivity contribution < 1.29 is 24.0 Å². The number of hydrogen-bond donors (Lipinski definition) is 1. The second kappa shape index (κ2) is 7.44. The van der Waals surface area contributed by atoms with E-state index in [2.05, 4.69) is 10.1 Å². The molecule has 0 spiro atoms. The number of para-hydroxylation sites is 1. The highest BCUT2D eigenvalue weighted by Gasteiger charge is 2.24. The predicted octanol–water partition coefficient (Wildman–Crippen LogP) is 1.30. The van der Waals surface area contributed by atoms with E-state index in [9.17, 15) is 19.7 Å². The Hall–Kier alpha value is -2.35. The first-order chi connectivity index (χ1) is 9.86. The summed E-state index contributed by atoms with van der Waals surface area (Å²) in [6.45, 7) is 0.866. The number of rotatable bonds is 6. The number of hydrogen-bond acceptors (Lipinski definition) is 6. The number of benzene rings is 1. The normalized spacial score (nSPS) is 11.4. The van der Waals surface area contributed by atoms with Crippen molar-refractivity contribution in [1.82, 2.24) is 5.32 Å². The molecule has 0 saturated heterocycles. The lowest BCUT2D eigenvalue weighted by Gasteiger charge is -2.16. The van der Waals surface area contributed by atoms with Crippen molar-refractivity contribution in [1.29, 1.82) is 0 Å². The molecule has 1 rings (SSSR count). The Labute approximate surface area is 125 Å². The summed E-state index contributed by atoms with van der Waals surface area (Å²) in [5.41, 5.74) is -0.339. The largest absolute Gasteiger partial charge is 0.483 e. The Kier molecular flexibility index (Phi) is 5.92. The van der Waals surface area contributed by atoms with Gasteiger partial charge in [0, 0.05) is 13.0 Å². The van der Waals surface area contributed by atoms with Crippen molar-refractivity contribution in [2.75, 3.05) is 13.7 Å². The summed E-state index contributed by atoms with van der Waals surface area (Å²) in [6.07, 6.45) is 0. The van der Waals surface area contributed by atoms with Gasteiger partial charge in [0.15, 0.2) is 6.04 Å². The van der Waals surface area contributed by atoms with Crippen molar-refractivity contribution in [2.24, 2.45) is 0 Å². The van der Waals surface area contributed by atoms with Gasteiger partial charge >= 0.3 is 11.7 Å². The van der Waals surface area contributed by atoms with Gasteiger partial charge in [0.1, 0.15) is 6.61 Å². The number of nitrogens with one attached hydrogen (secondary N) is 1. The van der Waals surface area contributed by atoms with Crippen molar-refractivity contribution >= 4 is 29.2 Å². The monoisotopic (exact) mass is 316 g/mol. The van der Waals surface area contributed by atoms with E-state index in [1.165, 1.54) is 25.1 Å². The highest BCUT2D eigenvalue weighted by molar-refractivity contribution is 6.32. The smallest absolute Gasteiger partial charge is 0.331 e. The minimum atomic E-state index is -1.09. The van der Waals surface area contributed by atoms with E-state index in [4.69, 9.17) is 16.3 Å². The maximum absolute atomic E-state index is 11.5. The topological polar surface area (TPSA) is 108 Å². The van der Waals surface area contributed by atoms with Gasteiger partial charge in [0.05, 0.1) is 17.1 Å². The Morgan fingerprint density at radius 2 is 2.14 bits per heavy atom. The Balaban J connectivity index is 2.92. The van der Waals surface area contributed by atoms with Gasteiger partial charge in [0.2, 0.25) is 11.7 Å². The van der Waals surface area contributed by atoms with Gasteiger partial charge in [-0.1, -0.05) is 17.7 Å². The summed E-state index contributed by atoms with van der Waals surface area (Å²) in [6, 6.07) is 2.93. The second-order valence-corrected chi connectivity index (χ2v) is 4.34. The van der Waals surface area contributed by atoms with Crippen LogP contribution in [0.2, 0.25) is 5.02 Å². The molecule has 1 aromatic rings. The summed E-state index contributed by atoms with van der Waals surface area (Å²) in [4.78, 5) is 32.7. The molecule has 1 N–H and O–H groups in total. The molecule has 1 atom stereocenters. The molecule has 21 heavy (non-hydrogen) atoms. The summed E-state index contributed by atoms with van der Waals surface area (Å²) in [7, 11) is 1.15. The average molecular weight is 317 g/mol. The number of nitrogens with zero attached hydrogens (tertiary/aromatic N) is 1. The quantitative estimate of drug-likeness (QED) is 0.481. The van der Waals surface area contributed by atoms with Crippen LogP contribution in [0.3, 0.4) is 0 Å². The minimum absolute atomic E-state index is 0.0237. The van der Waals surface area contributed by atoms with Gasteiger partial charge in [-0.2, -0.15) is 0 Å². The lowest BCUT2D eigenvalue weighted by molar-refractivity contribution is -0.385. The molecule has 0 saturated carbocycles. The van der Waals surface area contributed by atoms with Crippen LogP contribution in [0, 0.1) is 10.1 Å². The van der Waals surface area contributed by atoms with E-state index in [0.717, 1.165) is 7.11 Å². The maximum atomic E-state index is 11.5. The number of nitro groups is 1. The zero-order valence-electron chi connectivity index (χ0n) is 11.3. The summed E-state index contributed by atoms with van der Waals surface area (Å²) < 4.78 is 9.74. The number of esters is 1. The number of carbonyl (C=O) groups excluding carboxylic acids is 2. The number of carbonyl (C=O) groups is 2. The molecule has 1 aromatic carbocycles. The lowest BCUT2D eigenvalue weighted by Crippen LogP contribution is -2.44. The number of amides is 1. The zero-order chi connectivity index (χ0) is 16.0. The van der Waals surface area contributed by atoms with E-state index in [-0.39, 0.29) is 23.1 Å². The summed E-state index contributed by atoms with van der Waals surface area (Å²) in [5.74, 6) is -1.38. The highest BCUT2D eigenvalue weighted by atomic mass is 35.5. The number of ether oxygens (including phenoxy) is 2. The maximum Gasteiger partial charge on any atom is 0.331 e. The van der Waals surface area contributed by atoms with Crippen molar-refractivity contribution in [3.8, 4) is 5.75 Å². The van der Waals surface area contributed by atoms with Gasteiger partial charge < -0.3 is 14.8 Å². The SMILES string of the molecule is COC(=O)C(COc1c(Cl)cccc1[N+](=O)[O-])NC(C)=O. The van der Waals surface area contributed by atoms with Gasteiger partial charge in [-0.3, -0.25) is 14.9 Å². The molecule has 0 aliphatic carbocycles. The minimum Gasteiger partial charge on any atom is -0.483 e. The molecule has 0 radical (unpaired) electrons. The summed E-state index contributed by atoms with van der Waals surface area (Å²) >= 11 is 5.84. The summed E-state index contributed by atoms with van der Waals surface area (Å²) in [5, 5.41) is 13.2. The van der Waals surface area contributed by atoms with E-state index in [1.807, 2.05) is 0 Å². The molecular formula is C12H13ClN2O6. The van der Waals surface area contributed by atoms with Gasteiger partial charge in [-0.25, -0.2) is 4.79 Å². The predicted molar refractivity (Wildman–Crippen MR) is 73.2 cm³/mol. The van der Waals surface area contributed by atoms with Crippen LogP contribution >= 0.6 is 11.6 Å². The molecule has 0 fully saturated rings. The third-order valence-corrected chi connectivity index (χ3v) is 2.70. The van der Waals surface area contributed by atoms with Crippen LogP contribution in [0.1, 0.15) is 6.92 Å². The Bertz CT molecular complexity index is 563. The number of methoxy groups -OCH3 is 1. The van der Waals surface area contributed by atoms with Crippen LogP contribution in [0.25, 0.3) is 0 Å². The zero-order valence-corrected chi connectivity index (χ0v) is 12.0. The van der Waals surface area contributed by atoms with Gasteiger partial charge in [-0.05, 0) is 6.07 Å². The van der Waals surface area contributed by atoms with E-state index >= 15 is 0 Å². The first-order valence-corrected chi connectivity index (χ1v) is 6.15. The van der Waals surface area contributed by atoms with E-state index < -0.39 is 22.8 Å². The van der Waals surface area contributed by atoms with Crippen molar-refractivity contribution in [3.63, 3.8) is 0 Å². The van der Waals surface area contributed by atoms with Crippen LogP contribution in [0.4, 0.5) is 5.69 Å². The third kappa shape index (κ3) is 4.60. The molecule has 0 aromatic heterocycles. The fourth-order valence-corrected chi connectivity index (χ4v) is 1.73. The molecule has 0 aliphatic heterocycles. The first-order valence-electron chi connectivity index (χ1n) is 5.77. The molecular weight excluding hydrogens is 304 g/mol. The Morgan fingerprint density at radius 1 is 1.48 bits per heavy atom. The highest BCUT2D eigenvalue weighted by Crippen LogP contribution is 2.34.